The molecule has 1 spiro atoms. The average molecular weight is 646 g/mol. The largest absolute Gasteiger partial charge is 0.451 e. The summed E-state index contributed by atoms with van der Waals surface area (Å²) < 4.78 is 40.5. The van der Waals surface area contributed by atoms with Gasteiger partial charge in [-0.05, 0) is 65.3 Å². The molecule has 1 aromatic carbocycles. The molecule has 242 valence electrons. The smallest absolute Gasteiger partial charge is 0.366 e. The first-order valence-electron chi connectivity index (χ1n) is 15.3. The zero-order valence-corrected chi connectivity index (χ0v) is 27.0. The van der Waals surface area contributed by atoms with E-state index in [4.69, 9.17) is 11.6 Å². The van der Waals surface area contributed by atoms with Gasteiger partial charge in [-0.2, -0.15) is 18.4 Å². The number of amides is 2. The molecular weight excluding hydrogens is 607 g/mol. The molecule has 10 nitrogen and oxygen atoms in total. The van der Waals surface area contributed by atoms with Crippen molar-refractivity contribution in [1.29, 1.82) is 5.26 Å². The second-order valence-corrected chi connectivity index (χ2v) is 12.8. The van der Waals surface area contributed by atoms with Crippen LogP contribution in [-0.2, 0) is 19.3 Å². The van der Waals surface area contributed by atoms with Crippen molar-refractivity contribution < 1.29 is 18.0 Å². The van der Waals surface area contributed by atoms with Gasteiger partial charge in [0.05, 0.1) is 28.9 Å². The van der Waals surface area contributed by atoms with E-state index in [9.17, 15) is 23.2 Å². The summed E-state index contributed by atoms with van der Waals surface area (Å²) in [5, 5.41) is 18.1. The van der Waals surface area contributed by atoms with Crippen LogP contribution in [0.5, 0.6) is 0 Å². The zero-order valence-electron chi connectivity index (χ0n) is 26.3. The third-order valence-electron chi connectivity index (χ3n) is 8.92. The number of hydrogen-bond donors (Lipinski definition) is 0. The molecule has 4 heterocycles. The molecule has 2 aliphatic heterocycles. The fourth-order valence-electron chi connectivity index (χ4n) is 6.64. The number of piperazine rings is 1. The van der Waals surface area contributed by atoms with Crippen molar-refractivity contribution in [2.75, 3.05) is 37.6 Å². The molecule has 0 N–H and O–H groups in total. The SMILES string of the molecule is CCN(C(C)C)C(C)C.N#Cc1cnc2ccc(Cl)cc2c1N1CCN(C(=O)N2CCn3c(nnc3C(F)(F)F)C2)C2(CC2)C1. The number of aromatic nitrogens is 4. The van der Waals surface area contributed by atoms with Gasteiger partial charge >= 0.3 is 12.2 Å². The van der Waals surface area contributed by atoms with Gasteiger partial charge in [0.15, 0.2) is 5.82 Å². The fourth-order valence-corrected chi connectivity index (χ4v) is 6.81. The average Bonchev–Trinajstić information content (AvgIpc) is 3.59. The number of urea groups is 1. The van der Waals surface area contributed by atoms with Gasteiger partial charge < -0.3 is 19.3 Å². The number of rotatable bonds is 4. The first kappa shape index (κ1) is 32.8. The van der Waals surface area contributed by atoms with E-state index < -0.39 is 17.5 Å². The second-order valence-electron chi connectivity index (χ2n) is 12.4. The third-order valence-corrected chi connectivity index (χ3v) is 9.15. The molecule has 0 atom stereocenters. The van der Waals surface area contributed by atoms with E-state index in [2.05, 4.69) is 65.7 Å². The van der Waals surface area contributed by atoms with E-state index in [1.165, 1.54) is 0 Å². The van der Waals surface area contributed by atoms with Crippen LogP contribution in [-0.4, -0.2) is 90.8 Å². The van der Waals surface area contributed by atoms with E-state index >= 15 is 0 Å². The molecule has 1 aliphatic carbocycles. The number of fused-ring (bicyclic) bond motifs is 2. The van der Waals surface area contributed by atoms with Crippen molar-refractivity contribution in [1.82, 2.24) is 34.4 Å². The number of halogens is 4. The van der Waals surface area contributed by atoms with E-state index in [-0.39, 0.29) is 31.5 Å². The minimum Gasteiger partial charge on any atom is -0.366 e. The molecule has 1 saturated carbocycles. The topological polar surface area (TPSA) is 97.4 Å². The third kappa shape index (κ3) is 6.53. The molecule has 3 aromatic rings. The van der Waals surface area contributed by atoms with Crippen LogP contribution in [0.1, 0.15) is 64.7 Å². The van der Waals surface area contributed by atoms with Crippen molar-refractivity contribution in [2.24, 2.45) is 0 Å². The summed E-state index contributed by atoms with van der Waals surface area (Å²) in [6, 6.07) is 8.77. The van der Waals surface area contributed by atoms with Crippen molar-refractivity contribution in [2.45, 2.75) is 84.3 Å². The Bertz CT molecular complexity index is 1590. The van der Waals surface area contributed by atoms with E-state index in [0.29, 0.717) is 42.3 Å². The molecule has 2 fully saturated rings. The lowest BCUT2D eigenvalue weighted by molar-refractivity contribution is -0.147. The van der Waals surface area contributed by atoms with Crippen LogP contribution in [0.25, 0.3) is 10.9 Å². The summed E-state index contributed by atoms with van der Waals surface area (Å²) in [7, 11) is 0. The normalized spacial score (nSPS) is 17.5. The van der Waals surface area contributed by atoms with Crippen LogP contribution in [0.15, 0.2) is 24.4 Å². The predicted molar refractivity (Wildman–Crippen MR) is 166 cm³/mol. The Kier molecular flexibility index (Phi) is 9.20. The maximum absolute atomic E-state index is 13.5. The van der Waals surface area contributed by atoms with E-state index in [1.54, 1.807) is 23.2 Å². The highest BCUT2D eigenvalue weighted by molar-refractivity contribution is 6.31. The quantitative estimate of drug-likeness (QED) is 0.355. The highest BCUT2D eigenvalue weighted by atomic mass is 35.5. The van der Waals surface area contributed by atoms with E-state index in [0.717, 1.165) is 40.5 Å². The molecule has 14 heteroatoms. The lowest BCUT2D eigenvalue weighted by atomic mass is 10.0. The van der Waals surface area contributed by atoms with Gasteiger partial charge in [0.25, 0.3) is 0 Å². The Labute approximate surface area is 266 Å². The van der Waals surface area contributed by atoms with Gasteiger partial charge in [0.1, 0.15) is 6.07 Å². The Morgan fingerprint density at radius 2 is 1.82 bits per heavy atom. The van der Waals surface area contributed by atoms with E-state index in [1.807, 2.05) is 11.0 Å². The van der Waals surface area contributed by atoms with Gasteiger partial charge in [-0.15, -0.1) is 10.2 Å². The fraction of sp³-hybridized carbons (Fsp3) is 0.581. The number of benzene rings is 1. The first-order chi connectivity index (χ1) is 21.3. The molecule has 2 aromatic heterocycles. The van der Waals surface area contributed by atoms with Gasteiger partial charge in [0.2, 0.25) is 5.82 Å². The van der Waals surface area contributed by atoms with Crippen LogP contribution in [0.3, 0.4) is 0 Å². The number of alkyl halides is 3. The lowest BCUT2D eigenvalue weighted by Crippen LogP contribution is -2.60. The van der Waals surface area contributed by atoms with Crippen molar-refractivity contribution in [3.8, 4) is 6.07 Å². The Balaban J connectivity index is 0.000000390. The molecule has 3 aliphatic rings. The second kappa shape index (κ2) is 12.6. The van der Waals surface area contributed by atoms with Crippen molar-refractivity contribution in [3.05, 3.63) is 46.6 Å². The first-order valence-corrected chi connectivity index (χ1v) is 15.7. The molecule has 1 saturated heterocycles. The Morgan fingerprint density at radius 1 is 1.11 bits per heavy atom. The summed E-state index contributed by atoms with van der Waals surface area (Å²) in [5.74, 6) is -0.904. The number of carbonyl (C=O) groups is 1. The highest BCUT2D eigenvalue weighted by Gasteiger charge is 2.54. The molecule has 0 radical (unpaired) electrons. The molecule has 0 unspecified atom stereocenters. The minimum atomic E-state index is -4.59. The maximum atomic E-state index is 13.5. The standard InChI is InChI=1S/C23H20ClF3N8O.C8H19N/c24-15-1-2-17-16(9-15)19(14(10-28)11-29-17)33-6-8-35(22(13-33)3-4-22)21(36)32-5-7-34-18(12-32)30-31-20(34)23(25,26)27;1-6-9(7(2)3)8(4)5/h1-2,9,11H,3-8,12-13H2;7-8H,6H2,1-5H3. The molecule has 2 amide bonds. The predicted octanol–water partition coefficient (Wildman–Crippen LogP) is 5.79. The van der Waals surface area contributed by atoms with Crippen molar-refractivity contribution in [3.63, 3.8) is 0 Å². The minimum absolute atomic E-state index is 0.00875. The van der Waals surface area contributed by atoms with Crippen LogP contribution >= 0.6 is 11.6 Å². The number of carbonyl (C=O) groups excluding carboxylic acids is 1. The van der Waals surface area contributed by atoms with Gasteiger partial charge in [-0.1, -0.05) is 18.5 Å². The molecule has 45 heavy (non-hydrogen) atoms. The van der Waals surface area contributed by atoms with Gasteiger partial charge in [-0.25, -0.2) is 4.79 Å². The number of pyridine rings is 1. The highest BCUT2D eigenvalue weighted by Crippen LogP contribution is 2.47. The number of hydrogen-bond acceptors (Lipinski definition) is 7. The number of nitrogens with zero attached hydrogens (tertiary/aromatic N) is 9. The van der Waals surface area contributed by atoms with Gasteiger partial charge in [-0.3, -0.25) is 9.88 Å². The Hall–Kier alpha value is -3.63. The summed E-state index contributed by atoms with van der Waals surface area (Å²) >= 11 is 6.25. The lowest BCUT2D eigenvalue weighted by Gasteiger charge is -2.45. The molecular formula is C31H39ClF3N9O. The Morgan fingerprint density at radius 3 is 2.40 bits per heavy atom. The summed E-state index contributed by atoms with van der Waals surface area (Å²) in [5.41, 5.74) is 1.54. The van der Waals surface area contributed by atoms with Crippen LogP contribution in [0.4, 0.5) is 23.7 Å². The zero-order chi connectivity index (χ0) is 32.7. The maximum Gasteiger partial charge on any atom is 0.451 e. The van der Waals surface area contributed by atoms with Crippen molar-refractivity contribution >= 4 is 34.2 Å². The van der Waals surface area contributed by atoms with Crippen LogP contribution in [0, 0.1) is 11.3 Å². The van der Waals surface area contributed by atoms with Crippen LogP contribution < -0.4 is 4.90 Å². The van der Waals surface area contributed by atoms with Crippen LogP contribution in [0.2, 0.25) is 5.02 Å². The number of nitriles is 1. The summed E-state index contributed by atoms with van der Waals surface area (Å²) in [6.45, 7) is 13.9. The summed E-state index contributed by atoms with van der Waals surface area (Å²) in [6.07, 6.45) is -1.41. The molecule has 0 bridgehead atoms. The monoisotopic (exact) mass is 645 g/mol. The van der Waals surface area contributed by atoms with Gasteiger partial charge in [0, 0.05) is 61.4 Å². The molecule has 6 rings (SSSR count). The summed E-state index contributed by atoms with van der Waals surface area (Å²) in [4.78, 5) is 25.9. The number of anilines is 1.